The summed E-state index contributed by atoms with van der Waals surface area (Å²) in [6.45, 7) is 2.25. The van der Waals surface area contributed by atoms with Crippen LogP contribution < -0.4 is 16.0 Å². The molecule has 0 fully saturated rings. The molecule has 5 heteroatoms. The fourth-order valence-electron chi connectivity index (χ4n) is 2.47. The smallest absolute Gasteiger partial charge is 0.244 e. The number of nitrogens with two attached hydrogens (primary N) is 1. The van der Waals surface area contributed by atoms with Gasteiger partial charge in [-0.15, -0.1) is 0 Å². The Morgan fingerprint density at radius 2 is 2.00 bits per heavy atom. The molecule has 1 atom stereocenters. The summed E-state index contributed by atoms with van der Waals surface area (Å²) in [6, 6.07) is 13.8. The zero-order valence-electron chi connectivity index (χ0n) is 11.6. The number of nitrogens with one attached hydrogen (secondary N) is 1. The van der Waals surface area contributed by atoms with Gasteiger partial charge in [-0.05, 0) is 52.7 Å². The van der Waals surface area contributed by atoms with E-state index < -0.39 is 0 Å². The highest BCUT2D eigenvalue weighted by Gasteiger charge is 2.24. The number of halogens is 1. The standard InChI is InChI=1S/C16H16BrN3O/c1-10(18)11-6-7-14(12(17)8-11)20-9-16(21)19-13-4-2-3-5-15(13)20/h2-8,10H,9,18H2,1H3,(H,19,21). The van der Waals surface area contributed by atoms with Crippen molar-refractivity contribution in [2.45, 2.75) is 13.0 Å². The van der Waals surface area contributed by atoms with E-state index in [9.17, 15) is 4.79 Å². The third-order valence-electron chi connectivity index (χ3n) is 3.56. The molecule has 0 spiro atoms. The van der Waals surface area contributed by atoms with Crippen LogP contribution in [0.2, 0.25) is 0 Å². The molecule has 2 aromatic carbocycles. The fourth-order valence-corrected chi connectivity index (χ4v) is 3.08. The molecule has 0 aromatic heterocycles. The number of nitrogens with zero attached hydrogens (tertiary/aromatic N) is 1. The number of benzene rings is 2. The summed E-state index contributed by atoms with van der Waals surface area (Å²) in [5.41, 5.74) is 9.75. The van der Waals surface area contributed by atoms with E-state index in [0.717, 1.165) is 27.1 Å². The second-order valence-electron chi connectivity index (χ2n) is 5.15. The Labute approximate surface area is 132 Å². The van der Waals surface area contributed by atoms with Gasteiger partial charge >= 0.3 is 0 Å². The summed E-state index contributed by atoms with van der Waals surface area (Å²) in [5.74, 6) is -0.0168. The molecule has 0 radical (unpaired) electrons. The molecule has 108 valence electrons. The first-order valence-electron chi connectivity index (χ1n) is 6.77. The number of carbonyl (C=O) groups is 1. The first-order valence-corrected chi connectivity index (χ1v) is 7.57. The van der Waals surface area contributed by atoms with Gasteiger partial charge in [0.15, 0.2) is 0 Å². The summed E-state index contributed by atoms with van der Waals surface area (Å²) < 4.78 is 0.932. The van der Waals surface area contributed by atoms with Crippen LogP contribution in [0.4, 0.5) is 17.1 Å². The van der Waals surface area contributed by atoms with Crippen LogP contribution in [0.5, 0.6) is 0 Å². The van der Waals surface area contributed by atoms with Crippen molar-refractivity contribution in [3.63, 3.8) is 0 Å². The lowest BCUT2D eigenvalue weighted by atomic mass is 10.1. The first-order chi connectivity index (χ1) is 10.1. The molecule has 3 rings (SSSR count). The minimum Gasteiger partial charge on any atom is -0.329 e. The monoisotopic (exact) mass is 345 g/mol. The summed E-state index contributed by atoms with van der Waals surface area (Å²) in [5, 5.41) is 2.89. The van der Waals surface area contributed by atoms with Crippen molar-refractivity contribution in [1.82, 2.24) is 0 Å². The van der Waals surface area contributed by atoms with Gasteiger partial charge in [0.25, 0.3) is 0 Å². The highest BCUT2D eigenvalue weighted by Crippen LogP contribution is 2.38. The van der Waals surface area contributed by atoms with Gasteiger partial charge in [0.05, 0.1) is 17.1 Å². The number of hydrogen-bond donors (Lipinski definition) is 2. The molecule has 21 heavy (non-hydrogen) atoms. The molecule has 0 saturated carbocycles. The Morgan fingerprint density at radius 1 is 1.24 bits per heavy atom. The van der Waals surface area contributed by atoms with Gasteiger partial charge in [-0.2, -0.15) is 0 Å². The summed E-state index contributed by atoms with van der Waals surface area (Å²) in [6.07, 6.45) is 0. The quantitative estimate of drug-likeness (QED) is 0.874. The fraction of sp³-hybridized carbons (Fsp3) is 0.188. The second-order valence-corrected chi connectivity index (χ2v) is 6.01. The van der Waals surface area contributed by atoms with Crippen molar-refractivity contribution in [2.75, 3.05) is 16.8 Å². The van der Waals surface area contributed by atoms with Gasteiger partial charge < -0.3 is 16.0 Å². The highest BCUT2D eigenvalue weighted by molar-refractivity contribution is 9.10. The normalized spacial score (nSPS) is 15.4. The van der Waals surface area contributed by atoms with Crippen LogP contribution in [0.15, 0.2) is 46.9 Å². The van der Waals surface area contributed by atoms with Gasteiger partial charge in [0.2, 0.25) is 5.91 Å². The third kappa shape index (κ3) is 2.66. The third-order valence-corrected chi connectivity index (χ3v) is 4.19. The van der Waals surface area contributed by atoms with E-state index in [1.54, 1.807) is 0 Å². The zero-order valence-corrected chi connectivity index (χ0v) is 13.2. The molecule has 3 N–H and O–H groups in total. The van der Waals surface area contributed by atoms with Gasteiger partial charge in [0.1, 0.15) is 6.54 Å². The molecular weight excluding hydrogens is 330 g/mol. The number of para-hydroxylation sites is 2. The topological polar surface area (TPSA) is 58.4 Å². The predicted octanol–water partition coefficient (Wildman–Crippen LogP) is 3.56. The number of rotatable bonds is 2. The average Bonchev–Trinajstić information content (AvgIpc) is 2.46. The molecule has 1 aliphatic rings. The van der Waals surface area contributed by atoms with Crippen LogP contribution in [0.3, 0.4) is 0 Å². The zero-order chi connectivity index (χ0) is 15.0. The van der Waals surface area contributed by atoms with Crippen molar-refractivity contribution in [3.05, 3.63) is 52.5 Å². The summed E-state index contributed by atoms with van der Waals surface area (Å²) >= 11 is 3.59. The van der Waals surface area contributed by atoms with Crippen molar-refractivity contribution in [1.29, 1.82) is 0 Å². The highest BCUT2D eigenvalue weighted by atomic mass is 79.9. The Kier molecular flexibility index (Phi) is 3.69. The van der Waals surface area contributed by atoms with Crippen molar-refractivity contribution >= 4 is 38.9 Å². The van der Waals surface area contributed by atoms with Gasteiger partial charge in [-0.25, -0.2) is 0 Å². The van der Waals surface area contributed by atoms with Gasteiger partial charge in [-0.3, -0.25) is 4.79 Å². The van der Waals surface area contributed by atoms with Crippen LogP contribution in [-0.2, 0) is 4.79 Å². The van der Waals surface area contributed by atoms with Crippen molar-refractivity contribution < 1.29 is 4.79 Å². The second kappa shape index (κ2) is 5.50. The predicted molar refractivity (Wildman–Crippen MR) is 88.8 cm³/mol. The Morgan fingerprint density at radius 3 is 2.71 bits per heavy atom. The van der Waals surface area contributed by atoms with E-state index in [1.807, 2.05) is 54.3 Å². The largest absolute Gasteiger partial charge is 0.329 e. The Bertz CT molecular complexity index is 700. The van der Waals surface area contributed by atoms with E-state index in [-0.39, 0.29) is 11.9 Å². The summed E-state index contributed by atoms with van der Waals surface area (Å²) in [4.78, 5) is 13.9. The molecule has 0 bridgehead atoms. The minimum atomic E-state index is -0.0210. The van der Waals surface area contributed by atoms with Crippen LogP contribution in [-0.4, -0.2) is 12.5 Å². The van der Waals surface area contributed by atoms with E-state index in [1.165, 1.54) is 0 Å². The molecule has 1 unspecified atom stereocenters. The van der Waals surface area contributed by atoms with Crippen LogP contribution in [0.1, 0.15) is 18.5 Å². The maximum Gasteiger partial charge on any atom is 0.244 e. The molecule has 2 aromatic rings. The average molecular weight is 346 g/mol. The van der Waals surface area contributed by atoms with Crippen molar-refractivity contribution in [2.24, 2.45) is 5.73 Å². The van der Waals surface area contributed by atoms with Crippen molar-refractivity contribution in [3.8, 4) is 0 Å². The Balaban J connectivity index is 2.07. The van der Waals surface area contributed by atoms with Crippen LogP contribution in [0.25, 0.3) is 0 Å². The molecule has 1 amide bonds. The molecule has 4 nitrogen and oxygen atoms in total. The molecule has 1 heterocycles. The SMILES string of the molecule is CC(N)c1ccc(N2CC(=O)Nc3ccccc32)c(Br)c1. The number of hydrogen-bond acceptors (Lipinski definition) is 3. The lowest BCUT2D eigenvalue weighted by molar-refractivity contribution is -0.115. The van der Waals surface area contributed by atoms with Crippen LogP contribution >= 0.6 is 15.9 Å². The molecular formula is C16H16BrN3O. The van der Waals surface area contributed by atoms with Gasteiger partial charge in [-0.1, -0.05) is 18.2 Å². The number of amides is 1. The minimum absolute atomic E-state index is 0.0168. The molecule has 0 saturated heterocycles. The lowest BCUT2D eigenvalue weighted by Crippen LogP contribution is -2.35. The van der Waals surface area contributed by atoms with Crippen LogP contribution in [0, 0.1) is 0 Å². The molecule has 1 aliphatic heterocycles. The molecule has 0 aliphatic carbocycles. The maximum atomic E-state index is 11.9. The van der Waals surface area contributed by atoms with E-state index >= 15 is 0 Å². The first kappa shape index (κ1) is 14.1. The maximum absolute atomic E-state index is 11.9. The summed E-state index contributed by atoms with van der Waals surface area (Å²) in [7, 11) is 0. The van der Waals surface area contributed by atoms with E-state index in [4.69, 9.17) is 5.73 Å². The lowest BCUT2D eigenvalue weighted by Gasteiger charge is -2.31. The van der Waals surface area contributed by atoms with E-state index in [0.29, 0.717) is 6.54 Å². The Hall–Kier alpha value is -1.85. The number of fused-ring (bicyclic) bond motifs is 1. The van der Waals surface area contributed by atoms with E-state index in [2.05, 4.69) is 21.2 Å². The van der Waals surface area contributed by atoms with Gasteiger partial charge in [0, 0.05) is 10.5 Å². The number of anilines is 3. The number of carbonyl (C=O) groups excluding carboxylic acids is 1.